The number of nitrogens with one attached hydrogen (secondary N) is 1. The highest BCUT2D eigenvalue weighted by molar-refractivity contribution is 9.11. The van der Waals surface area contributed by atoms with Crippen LogP contribution in [-0.2, 0) is 9.53 Å². The van der Waals surface area contributed by atoms with E-state index in [1.165, 1.54) is 11.3 Å². The monoisotopic (exact) mass is 359 g/mol. The summed E-state index contributed by atoms with van der Waals surface area (Å²) < 4.78 is 5.99. The Balaban J connectivity index is 1.80. The molecule has 110 valence electrons. The zero-order chi connectivity index (χ0) is 14.5. The number of halogens is 1. The van der Waals surface area contributed by atoms with Crippen LogP contribution in [0.15, 0.2) is 15.2 Å². The average molecular weight is 360 g/mol. The van der Waals surface area contributed by atoms with Crippen molar-refractivity contribution in [2.45, 2.75) is 38.6 Å². The molecule has 1 fully saturated rings. The molecule has 1 aliphatic carbocycles. The van der Waals surface area contributed by atoms with Gasteiger partial charge in [0.15, 0.2) is 0 Å². The maximum atomic E-state index is 12.0. The van der Waals surface area contributed by atoms with E-state index < -0.39 is 0 Å². The quantitative estimate of drug-likeness (QED) is 0.838. The largest absolute Gasteiger partial charge is 0.466 e. The molecule has 1 heterocycles. The van der Waals surface area contributed by atoms with Gasteiger partial charge in [0.25, 0.3) is 5.91 Å². The molecule has 0 bridgehead atoms. The summed E-state index contributed by atoms with van der Waals surface area (Å²) in [7, 11) is 0. The molecule has 6 heteroatoms. The lowest BCUT2D eigenvalue weighted by Gasteiger charge is -2.27. The first-order chi connectivity index (χ1) is 9.60. The molecule has 4 nitrogen and oxygen atoms in total. The molecule has 0 saturated heterocycles. The van der Waals surface area contributed by atoms with Gasteiger partial charge < -0.3 is 10.1 Å². The summed E-state index contributed by atoms with van der Waals surface area (Å²) in [6.07, 6.45) is 3.25. The van der Waals surface area contributed by atoms with E-state index in [-0.39, 0.29) is 23.8 Å². The van der Waals surface area contributed by atoms with Gasteiger partial charge in [0.05, 0.1) is 21.9 Å². The molecule has 1 aromatic heterocycles. The van der Waals surface area contributed by atoms with Crippen molar-refractivity contribution < 1.29 is 14.3 Å². The zero-order valence-corrected chi connectivity index (χ0v) is 13.8. The third kappa shape index (κ3) is 4.06. The predicted octanol–water partition coefficient (Wildman–Crippen LogP) is 3.36. The molecule has 1 N–H and O–H groups in total. The van der Waals surface area contributed by atoms with Crippen molar-refractivity contribution in [3.8, 4) is 0 Å². The highest BCUT2D eigenvalue weighted by Gasteiger charge is 2.28. The van der Waals surface area contributed by atoms with Gasteiger partial charge in [-0.1, -0.05) is 0 Å². The van der Waals surface area contributed by atoms with E-state index in [0.717, 1.165) is 29.5 Å². The Morgan fingerprint density at radius 2 is 2.10 bits per heavy atom. The number of ether oxygens (including phenoxy) is 1. The van der Waals surface area contributed by atoms with Gasteiger partial charge in [0.1, 0.15) is 0 Å². The third-order valence-corrected chi connectivity index (χ3v) is 5.02. The number of hydrogen-bond acceptors (Lipinski definition) is 4. The van der Waals surface area contributed by atoms with Crippen LogP contribution in [0.5, 0.6) is 0 Å². The van der Waals surface area contributed by atoms with Crippen molar-refractivity contribution in [2.24, 2.45) is 5.92 Å². The second kappa shape index (κ2) is 7.22. The molecular formula is C14H18BrNO3S. The van der Waals surface area contributed by atoms with Crippen LogP contribution in [0, 0.1) is 5.92 Å². The first-order valence-corrected chi connectivity index (χ1v) is 8.49. The number of carbonyl (C=O) groups excluding carboxylic acids is 2. The molecule has 0 aliphatic heterocycles. The van der Waals surface area contributed by atoms with E-state index in [4.69, 9.17) is 4.74 Å². The van der Waals surface area contributed by atoms with Crippen molar-refractivity contribution in [3.05, 3.63) is 20.8 Å². The van der Waals surface area contributed by atoms with Crippen LogP contribution >= 0.6 is 27.3 Å². The minimum absolute atomic E-state index is 0.00149. The fraction of sp³-hybridized carbons (Fsp3) is 0.571. The summed E-state index contributed by atoms with van der Waals surface area (Å²) in [6, 6.07) is 1.98. The Morgan fingerprint density at radius 1 is 1.40 bits per heavy atom. The highest BCUT2D eigenvalue weighted by Crippen LogP contribution is 2.26. The van der Waals surface area contributed by atoms with Crippen molar-refractivity contribution in [1.29, 1.82) is 0 Å². The third-order valence-electron chi connectivity index (χ3n) is 3.51. The number of rotatable bonds is 4. The summed E-state index contributed by atoms with van der Waals surface area (Å²) in [4.78, 5) is 23.7. The maximum Gasteiger partial charge on any atom is 0.308 e. The Hall–Kier alpha value is -0.880. The first kappa shape index (κ1) is 15.5. The number of thiophene rings is 1. The van der Waals surface area contributed by atoms with Gasteiger partial charge in [0.2, 0.25) is 0 Å². The molecule has 1 amide bonds. The Bertz CT molecular complexity index is 481. The van der Waals surface area contributed by atoms with Gasteiger partial charge in [-0.25, -0.2) is 0 Å². The fourth-order valence-electron chi connectivity index (χ4n) is 2.43. The van der Waals surface area contributed by atoms with Crippen LogP contribution in [0.1, 0.15) is 43.0 Å². The summed E-state index contributed by atoms with van der Waals surface area (Å²) in [5.74, 6) is -0.135. The second-order valence-electron chi connectivity index (χ2n) is 4.91. The lowest BCUT2D eigenvalue weighted by Crippen LogP contribution is -2.38. The van der Waals surface area contributed by atoms with E-state index >= 15 is 0 Å². The minimum atomic E-state index is -0.0981. The van der Waals surface area contributed by atoms with Crippen LogP contribution < -0.4 is 5.32 Å². The highest BCUT2D eigenvalue weighted by atomic mass is 79.9. The number of hydrogen-bond donors (Lipinski definition) is 1. The van der Waals surface area contributed by atoms with Gasteiger partial charge in [0, 0.05) is 11.4 Å². The van der Waals surface area contributed by atoms with Crippen molar-refractivity contribution in [2.75, 3.05) is 6.61 Å². The second-order valence-corrected chi connectivity index (χ2v) is 7.20. The lowest BCUT2D eigenvalue weighted by atomic mass is 9.86. The summed E-state index contributed by atoms with van der Waals surface area (Å²) in [5.41, 5.74) is 0.689. The molecular weight excluding hydrogens is 342 g/mol. The van der Waals surface area contributed by atoms with Crippen LogP contribution in [0.25, 0.3) is 0 Å². The van der Waals surface area contributed by atoms with Crippen LogP contribution in [0.3, 0.4) is 0 Å². The van der Waals surface area contributed by atoms with Gasteiger partial charge in [-0.3, -0.25) is 9.59 Å². The molecule has 0 unspecified atom stereocenters. The maximum absolute atomic E-state index is 12.0. The molecule has 1 aromatic rings. The molecule has 0 spiro atoms. The predicted molar refractivity (Wildman–Crippen MR) is 81.9 cm³/mol. The number of esters is 1. The van der Waals surface area contributed by atoms with Gasteiger partial charge in [-0.2, -0.15) is 0 Å². The van der Waals surface area contributed by atoms with Crippen LogP contribution in [0.2, 0.25) is 0 Å². The summed E-state index contributed by atoms with van der Waals surface area (Å²) in [6.45, 7) is 2.26. The van der Waals surface area contributed by atoms with E-state index in [0.29, 0.717) is 12.2 Å². The van der Waals surface area contributed by atoms with Crippen LogP contribution in [-0.4, -0.2) is 24.5 Å². The van der Waals surface area contributed by atoms with E-state index in [2.05, 4.69) is 21.2 Å². The number of amides is 1. The molecule has 0 radical (unpaired) electrons. The average Bonchev–Trinajstić information content (AvgIpc) is 2.86. The van der Waals surface area contributed by atoms with E-state index in [1.807, 2.05) is 18.4 Å². The van der Waals surface area contributed by atoms with Crippen molar-refractivity contribution in [3.63, 3.8) is 0 Å². The van der Waals surface area contributed by atoms with Crippen LogP contribution in [0.4, 0.5) is 0 Å². The Kier molecular flexibility index (Phi) is 5.60. The van der Waals surface area contributed by atoms with Gasteiger partial charge >= 0.3 is 5.97 Å². The van der Waals surface area contributed by atoms with Gasteiger partial charge in [-0.05, 0) is 54.6 Å². The SMILES string of the molecule is CCOC(=O)C1CCC(NC(=O)c2csc(Br)c2)CC1. The van der Waals surface area contributed by atoms with Crippen molar-refractivity contribution >= 4 is 39.1 Å². The minimum Gasteiger partial charge on any atom is -0.466 e. The van der Waals surface area contributed by atoms with E-state index in [9.17, 15) is 9.59 Å². The Morgan fingerprint density at radius 3 is 2.65 bits per heavy atom. The molecule has 20 heavy (non-hydrogen) atoms. The Labute approximate surface area is 131 Å². The zero-order valence-electron chi connectivity index (χ0n) is 11.4. The smallest absolute Gasteiger partial charge is 0.308 e. The topological polar surface area (TPSA) is 55.4 Å². The lowest BCUT2D eigenvalue weighted by molar-refractivity contribution is -0.149. The molecule has 2 rings (SSSR count). The molecule has 0 atom stereocenters. The van der Waals surface area contributed by atoms with E-state index in [1.54, 1.807) is 0 Å². The van der Waals surface area contributed by atoms with Gasteiger partial charge in [-0.15, -0.1) is 11.3 Å². The number of carbonyl (C=O) groups is 2. The molecule has 0 aromatic carbocycles. The normalized spacial score (nSPS) is 22.3. The van der Waals surface area contributed by atoms with Crippen molar-refractivity contribution in [1.82, 2.24) is 5.32 Å². The molecule has 1 saturated carbocycles. The molecule has 1 aliphatic rings. The standard InChI is InChI=1S/C14H18BrNO3S/c1-2-19-14(18)9-3-5-11(6-4-9)16-13(17)10-7-12(15)20-8-10/h7-9,11H,2-6H2,1H3,(H,16,17). The fourth-order valence-corrected chi connectivity index (χ4v) is 3.57. The summed E-state index contributed by atoms with van der Waals surface area (Å²) in [5, 5.41) is 4.87. The first-order valence-electron chi connectivity index (χ1n) is 6.81. The summed E-state index contributed by atoms with van der Waals surface area (Å²) >= 11 is 4.85.